The SMILES string of the molecule is C[C@H]1C[C@H]2[C@@H](CC1=O)C2(C)C. The molecule has 0 heterocycles. The molecule has 1 heteroatoms. The maximum Gasteiger partial charge on any atom is 0.136 e. The Bertz CT molecular complexity index is 205. The number of carbonyl (C=O) groups is 1. The summed E-state index contributed by atoms with van der Waals surface area (Å²) in [5.41, 5.74) is 0.487. The Hall–Kier alpha value is -0.330. The fourth-order valence-corrected chi connectivity index (χ4v) is 2.66. The Morgan fingerprint density at radius 2 is 2.00 bits per heavy atom. The summed E-state index contributed by atoms with van der Waals surface area (Å²) in [5.74, 6) is 2.43. The van der Waals surface area contributed by atoms with Gasteiger partial charge in [-0.25, -0.2) is 0 Å². The van der Waals surface area contributed by atoms with Crippen LogP contribution in [0.4, 0.5) is 0 Å². The van der Waals surface area contributed by atoms with Crippen molar-refractivity contribution in [3.05, 3.63) is 0 Å². The largest absolute Gasteiger partial charge is 0.299 e. The lowest BCUT2D eigenvalue weighted by Gasteiger charge is -2.14. The van der Waals surface area contributed by atoms with Crippen LogP contribution in [0.15, 0.2) is 0 Å². The predicted molar refractivity (Wildman–Crippen MR) is 44.2 cm³/mol. The van der Waals surface area contributed by atoms with E-state index < -0.39 is 0 Å². The highest BCUT2D eigenvalue weighted by atomic mass is 16.1. The Balaban J connectivity index is 2.12. The first-order valence-electron chi connectivity index (χ1n) is 4.56. The van der Waals surface area contributed by atoms with Gasteiger partial charge in [-0.15, -0.1) is 0 Å². The molecule has 2 rings (SSSR count). The van der Waals surface area contributed by atoms with E-state index in [2.05, 4.69) is 20.8 Å². The molecule has 0 spiro atoms. The van der Waals surface area contributed by atoms with Crippen LogP contribution >= 0.6 is 0 Å². The molecule has 0 aromatic rings. The zero-order valence-corrected chi connectivity index (χ0v) is 7.55. The highest BCUT2D eigenvalue weighted by Crippen LogP contribution is 2.64. The van der Waals surface area contributed by atoms with Gasteiger partial charge >= 0.3 is 0 Å². The van der Waals surface area contributed by atoms with Crippen molar-refractivity contribution in [2.45, 2.75) is 33.6 Å². The van der Waals surface area contributed by atoms with Crippen LogP contribution in [-0.4, -0.2) is 5.78 Å². The van der Waals surface area contributed by atoms with Crippen molar-refractivity contribution in [2.75, 3.05) is 0 Å². The molecule has 0 radical (unpaired) electrons. The van der Waals surface area contributed by atoms with Crippen LogP contribution in [0.1, 0.15) is 33.6 Å². The zero-order chi connectivity index (χ0) is 8.22. The quantitative estimate of drug-likeness (QED) is 0.520. The van der Waals surface area contributed by atoms with E-state index in [4.69, 9.17) is 0 Å². The first kappa shape index (κ1) is 7.33. The third kappa shape index (κ3) is 0.863. The van der Waals surface area contributed by atoms with E-state index in [0.717, 1.165) is 24.7 Å². The number of Topliss-reactive ketones (excluding diaryl/α,β-unsaturated/α-hetero) is 1. The highest BCUT2D eigenvalue weighted by Gasteiger charge is 2.60. The third-order valence-electron chi connectivity index (χ3n) is 3.87. The molecule has 0 aliphatic heterocycles. The Labute approximate surface area is 68.2 Å². The van der Waals surface area contributed by atoms with Crippen molar-refractivity contribution in [1.82, 2.24) is 0 Å². The monoisotopic (exact) mass is 152 g/mol. The van der Waals surface area contributed by atoms with Gasteiger partial charge in [0.25, 0.3) is 0 Å². The summed E-state index contributed by atoms with van der Waals surface area (Å²) < 4.78 is 0. The van der Waals surface area contributed by atoms with Gasteiger partial charge in [0.15, 0.2) is 0 Å². The summed E-state index contributed by atoms with van der Waals surface area (Å²) in [5, 5.41) is 0. The van der Waals surface area contributed by atoms with E-state index in [1.165, 1.54) is 0 Å². The second kappa shape index (κ2) is 1.88. The average Bonchev–Trinajstić information content (AvgIpc) is 2.39. The summed E-state index contributed by atoms with van der Waals surface area (Å²) in [4.78, 5) is 11.3. The molecule has 62 valence electrons. The smallest absolute Gasteiger partial charge is 0.136 e. The summed E-state index contributed by atoms with van der Waals surface area (Å²) in [7, 11) is 0. The first-order valence-corrected chi connectivity index (χ1v) is 4.56. The zero-order valence-electron chi connectivity index (χ0n) is 7.55. The lowest BCUT2D eigenvalue weighted by molar-refractivity contribution is -0.124. The van der Waals surface area contributed by atoms with Crippen LogP contribution < -0.4 is 0 Å². The molecular formula is C10H16O. The molecule has 0 bridgehead atoms. The molecule has 11 heavy (non-hydrogen) atoms. The van der Waals surface area contributed by atoms with Crippen molar-refractivity contribution < 1.29 is 4.79 Å². The van der Waals surface area contributed by atoms with Gasteiger partial charge in [-0.1, -0.05) is 20.8 Å². The van der Waals surface area contributed by atoms with Crippen LogP contribution in [0.2, 0.25) is 0 Å². The molecule has 2 saturated carbocycles. The van der Waals surface area contributed by atoms with Crippen LogP contribution in [0.3, 0.4) is 0 Å². The molecule has 2 aliphatic carbocycles. The van der Waals surface area contributed by atoms with Gasteiger partial charge < -0.3 is 0 Å². The Kier molecular flexibility index (Phi) is 1.25. The lowest BCUT2D eigenvalue weighted by Crippen LogP contribution is -2.17. The number of fused-ring (bicyclic) bond motifs is 1. The maximum atomic E-state index is 11.3. The van der Waals surface area contributed by atoms with E-state index in [9.17, 15) is 4.79 Å². The molecule has 0 aromatic carbocycles. The summed E-state index contributed by atoms with van der Waals surface area (Å²) in [6.45, 7) is 6.67. The van der Waals surface area contributed by atoms with Crippen LogP contribution in [-0.2, 0) is 4.79 Å². The van der Waals surface area contributed by atoms with Gasteiger partial charge in [-0.3, -0.25) is 4.79 Å². The molecular weight excluding hydrogens is 136 g/mol. The minimum Gasteiger partial charge on any atom is -0.299 e. The second-order valence-corrected chi connectivity index (χ2v) is 4.84. The fourth-order valence-electron chi connectivity index (χ4n) is 2.66. The van der Waals surface area contributed by atoms with Crippen molar-refractivity contribution in [2.24, 2.45) is 23.2 Å². The number of hydrogen-bond acceptors (Lipinski definition) is 1. The van der Waals surface area contributed by atoms with E-state index in [1.807, 2.05) is 0 Å². The maximum absolute atomic E-state index is 11.3. The topological polar surface area (TPSA) is 17.1 Å². The standard InChI is InChI=1S/C10H16O/c1-6-4-7-8(5-9(6)11)10(7,2)3/h6-8H,4-5H2,1-3H3/t6-,7-,8+/m0/s1. The molecule has 0 unspecified atom stereocenters. The Morgan fingerprint density at radius 1 is 1.36 bits per heavy atom. The molecule has 2 aliphatic rings. The predicted octanol–water partition coefficient (Wildman–Crippen LogP) is 2.26. The van der Waals surface area contributed by atoms with E-state index >= 15 is 0 Å². The minimum absolute atomic E-state index is 0.345. The van der Waals surface area contributed by atoms with Crippen LogP contribution in [0.25, 0.3) is 0 Å². The molecule has 1 nitrogen and oxygen atoms in total. The van der Waals surface area contributed by atoms with Crippen LogP contribution in [0, 0.1) is 23.2 Å². The van der Waals surface area contributed by atoms with Gasteiger partial charge in [-0.2, -0.15) is 0 Å². The molecule has 0 amide bonds. The van der Waals surface area contributed by atoms with Crippen LogP contribution in [0.5, 0.6) is 0 Å². The first-order chi connectivity index (χ1) is 5.03. The van der Waals surface area contributed by atoms with Gasteiger partial charge in [0.1, 0.15) is 5.78 Å². The lowest BCUT2D eigenvalue weighted by atomic mass is 9.90. The summed E-state index contributed by atoms with van der Waals surface area (Å²) in [6, 6.07) is 0. The highest BCUT2D eigenvalue weighted by molar-refractivity contribution is 5.82. The normalized spacial score (nSPS) is 46.8. The number of carbonyl (C=O) groups excluding carboxylic acids is 1. The second-order valence-electron chi connectivity index (χ2n) is 4.84. The summed E-state index contributed by atoms with van der Waals surface area (Å²) >= 11 is 0. The number of ketones is 1. The number of hydrogen-bond donors (Lipinski definition) is 0. The van der Waals surface area contributed by atoms with E-state index in [1.54, 1.807) is 0 Å². The van der Waals surface area contributed by atoms with E-state index in [-0.39, 0.29) is 0 Å². The molecule has 0 saturated heterocycles. The summed E-state index contributed by atoms with van der Waals surface area (Å²) in [6.07, 6.45) is 2.01. The fraction of sp³-hybridized carbons (Fsp3) is 0.900. The van der Waals surface area contributed by atoms with Crippen molar-refractivity contribution in [1.29, 1.82) is 0 Å². The van der Waals surface area contributed by atoms with Gasteiger partial charge in [0.2, 0.25) is 0 Å². The van der Waals surface area contributed by atoms with Crippen molar-refractivity contribution in [3.63, 3.8) is 0 Å². The van der Waals surface area contributed by atoms with Gasteiger partial charge in [0, 0.05) is 12.3 Å². The minimum atomic E-state index is 0.345. The van der Waals surface area contributed by atoms with Gasteiger partial charge in [0.05, 0.1) is 0 Å². The molecule has 0 aromatic heterocycles. The molecule has 2 fully saturated rings. The molecule has 0 N–H and O–H groups in total. The van der Waals surface area contributed by atoms with E-state index in [0.29, 0.717) is 17.1 Å². The van der Waals surface area contributed by atoms with Crippen molar-refractivity contribution in [3.8, 4) is 0 Å². The van der Waals surface area contributed by atoms with Gasteiger partial charge in [-0.05, 0) is 23.7 Å². The Morgan fingerprint density at radius 3 is 2.55 bits per heavy atom. The average molecular weight is 152 g/mol. The number of rotatable bonds is 0. The third-order valence-corrected chi connectivity index (χ3v) is 3.87. The van der Waals surface area contributed by atoms with Crippen molar-refractivity contribution >= 4 is 5.78 Å². The molecule has 3 atom stereocenters.